The number of anilines is 1. The number of carbonyl (C=O) groups excluding carboxylic acids is 2. The first-order chi connectivity index (χ1) is 11.7. The van der Waals surface area contributed by atoms with Crippen LogP contribution in [-0.4, -0.2) is 16.8 Å². The van der Waals surface area contributed by atoms with Crippen molar-refractivity contribution in [3.63, 3.8) is 0 Å². The van der Waals surface area contributed by atoms with Gasteiger partial charge in [0.05, 0.1) is 16.8 Å². The average molecular weight is 337 g/mol. The number of carbonyl (C=O) groups is 2. The van der Waals surface area contributed by atoms with E-state index in [-0.39, 0.29) is 11.8 Å². The molecule has 0 fully saturated rings. The number of hydrogen-bond donors (Lipinski definition) is 2. The molecule has 3 aromatic rings. The van der Waals surface area contributed by atoms with Crippen LogP contribution in [0.4, 0.5) is 5.69 Å². The topological polar surface area (TPSA) is 71.1 Å². The summed E-state index contributed by atoms with van der Waals surface area (Å²) in [5, 5.41) is 7.39. The highest BCUT2D eigenvalue weighted by Crippen LogP contribution is 2.17. The van der Waals surface area contributed by atoms with Crippen LogP contribution in [0, 0.1) is 0 Å². The Morgan fingerprint density at radius 3 is 2.50 bits per heavy atom. The van der Waals surface area contributed by atoms with Crippen LogP contribution in [0.3, 0.4) is 0 Å². The van der Waals surface area contributed by atoms with E-state index in [0.29, 0.717) is 16.1 Å². The molecule has 2 aromatic heterocycles. The van der Waals surface area contributed by atoms with Gasteiger partial charge in [-0.1, -0.05) is 36.4 Å². The molecule has 0 aliphatic carbocycles. The molecule has 120 valence electrons. The number of hydrogen-bond acceptors (Lipinski definition) is 4. The quantitative estimate of drug-likeness (QED) is 0.751. The van der Waals surface area contributed by atoms with Crippen LogP contribution >= 0.6 is 11.3 Å². The number of benzene rings is 1. The molecule has 0 spiro atoms. The first-order valence-electron chi connectivity index (χ1n) is 7.34. The summed E-state index contributed by atoms with van der Waals surface area (Å²) in [5.41, 5.74) is 1.29. The fourth-order valence-corrected chi connectivity index (χ4v) is 2.83. The second-order valence-electron chi connectivity index (χ2n) is 5.03. The first-order valence-corrected chi connectivity index (χ1v) is 8.22. The smallest absolute Gasteiger partial charge is 0.262 e. The summed E-state index contributed by atoms with van der Waals surface area (Å²) in [6.45, 7) is 0. The Hall–Kier alpha value is -2.99. The number of amides is 2. The van der Waals surface area contributed by atoms with Crippen LogP contribution in [0.1, 0.15) is 21.3 Å². The zero-order valence-corrected chi connectivity index (χ0v) is 13.5. The van der Waals surface area contributed by atoms with Gasteiger partial charge < -0.3 is 10.6 Å². The highest BCUT2D eigenvalue weighted by molar-refractivity contribution is 7.12. The molecule has 3 rings (SSSR count). The molecule has 2 amide bonds. The van der Waals surface area contributed by atoms with Gasteiger partial charge in [0.25, 0.3) is 11.8 Å². The van der Waals surface area contributed by atoms with Crippen molar-refractivity contribution in [1.29, 1.82) is 0 Å². The molecule has 2 N–H and O–H groups in total. The normalized spacial score (nSPS) is 11.5. The van der Waals surface area contributed by atoms with Gasteiger partial charge >= 0.3 is 0 Å². The fourth-order valence-electron chi connectivity index (χ4n) is 2.21. The Labute approximate surface area is 143 Å². The highest BCUT2D eigenvalue weighted by atomic mass is 32.1. The van der Waals surface area contributed by atoms with E-state index in [1.54, 1.807) is 36.7 Å². The van der Waals surface area contributed by atoms with Crippen molar-refractivity contribution in [2.24, 2.45) is 0 Å². The number of nitrogens with zero attached hydrogens (tertiary/aromatic N) is 1. The van der Waals surface area contributed by atoms with Crippen molar-refractivity contribution in [3.05, 3.63) is 82.8 Å². The van der Waals surface area contributed by atoms with E-state index in [4.69, 9.17) is 0 Å². The summed E-state index contributed by atoms with van der Waals surface area (Å²) < 4.78 is 0. The monoisotopic (exact) mass is 337 g/mol. The Balaban J connectivity index is 1.82. The van der Waals surface area contributed by atoms with Crippen molar-refractivity contribution < 1.29 is 9.59 Å². The summed E-state index contributed by atoms with van der Waals surface area (Å²) in [5.74, 6) is -0.598. The lowest BCUT2D eigenvalue weighted by Crippen LogP contribution is -2.36. The van der Waals surface area contributed by atoms with E-state index in [0.717, 1.165) is 0 Å². The summed E-state index contributed by atoms with van der Waals surface area (Å²) in [6, 6.07) is 15.3. The van der Waals surface area contributed by atoms with Gasteiger partial charge in [-0.3, -0.25) is 14.6 Å². The molecule has 0 bridgehead atoms. The summed E-state index contributed by atoms with van der Waals surface area (Å²) in [4.78, 5) is 29.6. The second kappa shape index (κ2) is 7.52. The minimum Gasteiger partial charge on any atom is -0.336 e. The number of thiophene rings is 1. The summed E-state index contributed by atoms with van der Waals surface area (Å²) in [6.07, 6.45) is 3.18. The molecule has 0 aliphatic rings. The van der Waals surface area contributed by atoms with Crippen LogP contribution in [0.2, 0.25) is 0 Å². The number of rotatable bonds is 5. The van der Waals surface area contributed by atoms with Gasteiger partial charge in [-0.15, -0.1) is 11.3 Å². The summed E-state index contributed by atoms with van der Waals surface area (Å²) >= 11 is 1.33. The van der Waals surface area contributed by atoms with Crippen molar-refractivity contribution in [2.45, 2.75) is 6.04 Å². The summed E-state index contributed by atoms with van der Waals surface area (Å²) in [7, 11) is 0. The Bertz CT molecular complexity index is 805. The van der Waals surface area contributed by atoms with E-state index in [9.17, 15) is 9.59 Å². The van der Waals surface area contributed by atoms with Crippen LogP contribution < -0.4 is 10.6 Å². The predicted molar refractivity (Wildman–Crippen MR) is 93.8 cm³/mol. The fraction of sp³-hybridized carbons (Fsp3) is 0.0556. The third kappa shape index (κ3) is 3.85. The minimum atomic E-state index is -0.791. The van der Waals surface area contributed by atoms with E-state index < -0.39 is 6.04 Å². The molecule has 0 saturated heterocycles. The van der Waals surface area contributed by atoms with Gasteiger partial charge in [-0.25, -0.2) is 0 Å². The van der Waals surface area contributed by atoms with Gasteiger partial charge in [0.15, 0.2) is 0 Å². The maximum atomic E-state index is 12.7. The Morgan fingerprint density at radius 2 is 1.83 bits per heavy atom. The molecule has 1 atom stereocenters. The van der Waals surface area contributed by atoms with Gasteiger partial charge in [0.2, 0.25) is 0 Å². The molecular weight excluding hydrogens is 322 g/mol. The average Bonchev–Trinajstić information content (AvgIpc) is 3.16. The first kappa shape index (κ1) is 15.9. The minimum absolute atomic E-state index is 0.278. The van der Waals surface area contributed by atoms with E-state index in [1.807, 2.05) is 35.7 Å². The van der Waals surface area contributed by atoms with Crippen LogP contribution in [0.15, 0.2) is 72.4 Å². The maximum absolute atomic E-state index is 12.7. The van der Waals surface area contributed by atoms with E-state index in [1.165, 1.54) is 11.3 Å². The van der Waals surface area contributed by atoms with Crippen LogP contribution in [0.25, 0.3) is 0 Å². The molecule has 5 nitrogen and oxygen atoms in total. The van der Waals surface area contributed by atoms with Crippen LogP contribution in [0.5, 0.6) is 0 Å². The standard InChI is InChI=1S/C18H15N3O2S/c22-17(15-9-5-11-24-15)21-16(13-6-2-1-3-7-13)18(23)20-14-8-4-10-19-12-14/h1-12,16H,(H,20,23)(H,21,22)/t16-/m0/s1. The van der Waals surface area contributed by atoms with Crippen molar-refractivity contribution >= 4 is 28.8 Å². The third-order valence-electron chi connectivity index (χ3n) is 3.34. The van der Waals surface area contributed by atoms with Gasteiger partial charge in [0.1, 0.15) is 6.04 Å². The van der Waals surface area contributed by atoms with Crippen molar-refractivity contribution in [2.75, 3.05) is 5.32 Å². The Morgan fingerprint density at radius 1 is 1.00 bits per heavy atom. The van der Waals surface area contributed by atoms with Crippen LogP contribution in [-0.2, 0) is 4.79 Å². The lowest BCUT2D eigenvalue weighted by Gasteiger charge is -2.18. The molecule has 1 aromatic carbocycles. The van der Waals surface area contributed by atoms with E-state index >= 15 is 0 Å². The highest BCUT2D eigenvalue weighted by Gasteiger charge is 2.23. The molecular formula is C18H15N3O2S. The molecule has 0 radical (unpaired) electrons. The Kier molecular flexibility index (Phi) is 4.98. The number of pyridine rings is 1. The zero-order valence-electron chi connectivity index (χ0n) is 12.7. The predicted octanol–water partition coefficient (Wildman–Crippen LogP) is 3.25. The maximum Gasteiger partial charge on any atom is 0.262 e. The number of aromatic nitrogens is 1. The molecule has 0 saturated carbocycles. The lowest BCUT2D eigenvalue weighted by molar-refractivity contribution is -0.118. The van der Waals surface area contributed by atoms with Gasteiger partial charge in [0, 0.05) is 6.20 Å². The largest absolute Gasteiger partial charge is 0.336 e. The molecule has 0 unspecified atom stereocenters. The molecule has 6 heteroatoms. The van der Waals surface area contributed by atoms with E-state index in [2.05, 4.69) is 15.6 Å². The van der Waals surface area contributed by atoms with Gasteiger partial charge in [-0.2, -0.15) is 0 Å². The SMILES string of the molecule is O=C(N[C@H](C(=O)Nc1cccnc1)c1ccccc1)c1cccs1. The molecule has 2 heterocycles. The van der Waals surface area contributed by atoms with Gasteiger partial charge in [-0.05, 0) is 29.1 Å². The van der Waals surface area contributed by atoms with Crippen molar-refractivity contribution in [3.8, 4) is 0 Å². The van der Waals surface area contributed by atoms with Crippen molar-refractivity contribution in [1.82, 2.24) is 10.3 Å². The second-order valence-corrected chi connectivity index (χ2v) is 5.97. The molecule has 24 heavy (non-hydrogen) atoms. The lowest BCUT2D eigenvalue weighted by atomic mass is 10.1. The zero-order chi connectivity index (χ0) is 16.8. The third-order valence-corrected chi connectivity index (χ3v) is 4.21. The molecule has 0 aliphatic heterocycles. The number of nitrogens with one attached hydrogen (secondary N) is 2.